The molecule has 0 saturated heterocycles. The van der Waals surface area contributed by atoms with Gasteiger partial charge in [0.2, 0.25) is 0 Å². The molecule has 0 aromatic carbocycles. The van der Waals surface area contributed by atoms with Gasteiger partial charge in [-0.3, -0.25) is 14.2 Å². The van der Waals surface area contributed by atoms with Crippen molar-refractivity contribution in [2.75, 3.05) is 0 Å². The van der Waals surface area contributed by atoms with Gasteiger partial charge in [0.1, 0.15) is 0 Å². The molecule has 2 aliphatic rings. The first-order chi connectivity index (χ1) is 9.68. The average Bonchev–Trinajstić information content (AvgIpc) is 2.84. The third-order valence-corrected chi connectivity index (χ3v) is 5.84. The van der Waals surface area contributed by atoms with Crippen LogP contribution in [0.5, 0.6) is 0 Å². The lowest BCUT2D eigenvalue weighted by Crippen LogP contribution is -2.49. The molecule has 3 atom stereocenters. The standard InChI is InChI=1S/C16H22N2O3/c1-9(19)11-8-17-14(21)18(12(11)20)13-15(2,3)10-5-6-16(13,4)7-10/h8,10,13H,5-7H2,1-4H3,(H,17,21). The van der Waals surface area contributed by atoms with E-state index in [0.717, 1.165) is 19.3 Å². The van der Waals surface area contributed by atoms with Crippen LogP contribution in [0.4, 0.5) is 0 Å². The van der Waals surface area contributed by atoms with Gasteiger partial charge in [-0.25, -0.2) is 4.79 Å². The second-order valence-corrected chi connectivity index (χ2v) is 7.56. The monoisotopic (exact) mass is 290 g/mol. The summed E-state index contributed by atoms with van der Waals surface area (Å²) in [6.45, 7) is 7.80. The Morgan fingerprint density at radius 2 is 2.00 bits per heavy atom. The van der Waals surface area contributed by atoms with E-state index in [4.69, 9.17) is 0 Å². The summed E-state index contributed by atoms with van der Waals surface area (Å²) in [6.07, 6.45) is 4.47. The predicted octanol–water partition coefficient (Wildman–Crippen LogP) is 2.13. The summed E-state index contributed by atoms with van der Waals surface area (Å²) >= 11 is 0. The fraction of sp³-hybridized carbons (Fsp3) is 0.688. The summed E-state index contributed by atoms with van der Waals surface area (Å²) in [5.74, 6) is 0.218. The molecule has 0 aliphatic heterocycles. The highest BCUT2D eigenvalue weighted by atomic mass is 16.2. The Balaban J connectivity index is 2.26. The number of hydrogen-bond donors (Lipinski definition) is 1. The second kappa shape index (κ2) is 4.18. The Labute approximate surface area is 123 Å². The molecule has 2 bridgehead atoms. The predicted molar refractivity (Wildman–Crippen MR) is 79.6 cm³/mol. The molecular formula is C16H22N2O3. The van der Waals surface area contributed by atoms with E-state index in [-0.39, 0.29) is 28.2 Å². The van der Waals surface area contributed by atoms with Crippen molar-refractivity contribution in [3.63, 3.8) is 0 Å². The Kier molecular flexibility index (Phi) is 2.85. The lowest BCUT2D eigenvalue weighted by molar-refractivity contribution is 0.0761. The molecule has 2 fully saturated rings. The van der Waals surface area contributed by atoms with E-state index in [1.54, 1.807) is 0 Å². The molecule has 1 aromatic rings. The molecule has 2 saturated carbocycles. The molecule has 114 valence electrons. The molecule has 5 nitrogen and oxygen atoms in total. The van der Waals surface area contributed by atoms with Crippen LogP contribution in [-0.4, -0.2) is 15.3 Å². The summed E-state index contributed by atoms with van der Waals surface area (Å²) in [5, 5.41) is 0. The van der Waals surface area contributed by atoms with Crippen LogP contribution in [0.1, 0.15) is 63.4 Å². The Hall–Kier alpha value is -1.65. The lowest BCUT2D eigenvalue weighted by atomic mass is 9.68. The van der Waals surface area contributed by atoms with Gasteiger partial charge in [0.25, 0.3) is 5.56 Å². The topological polar surface area (TPSA) is 71.9 Å². The highest BCUT2D eigenvalue weighted by molar-refractivity contribution is 5.93. The number of aromatic nitrogens is 2. The molecule has 21 heavy (non-hydrogen) atoms. The summed E-state index contributed by atoms with van der Waals surface area (Å²) in [7, 11) is 0. The summed E-state index contributed by atoms with van der Waals surface area (Å²) in [6, 6.07) is -0.153. The third-order valence-electron chi connectivity index (χ3n) is 5.84. The van der Waals surface area contributed by atoms with Crippen LogP contribution >= 0.6 is 0 Å². The Morgan fingerprint density at radius 1 is 1.33 bits per heavy atom. The van der Waals surface area contributed by atoms with Crippen LogP contribution in [0.3, 0.4) is 0 Å². The molecule has 3 rings (SSSR count). The number of nitrogens with one attached hydrogen (secondary N) is 1. The third kappa shape index (κ3) is 1.79. The van der Waals surface area contributed by atoms with Crippen molar-refractivity contribution in [3.05, 3.63) is 32.6 Å². The van der Waals surface area contributed by atoms with Crippen LogP contribution in [0.15, 0.2) is 15.8 Å². The largest absolute Gasteiger partial charge is 0.328 e. The Bertz CT molecular complexity index is 723. The van der Waals surface area contributed by atoms with Crippen molar-refractivity contribution in [2.24, 2.45) is 16.7 Å². The van der Waals surface area contributed by atoms with Crippen LogP contribution in [0, 0.1) is 16.7 Å². The lowest BCUT2D eigenvalue weighted by Gasteiger charge is -2.43. The van der Waals surface area contributed by atoms with E-state index >= 15 is 0 Å². The highest BCUT2D eigenvalue weighted by Crippen LogP contribution is 2.67. The minimum Gasteiger partial charge on any atom is -0.313 e. The van der Waals surface area contributed by atoms with E-state index in [9.17, 15) is 14.4 Å². The first-order valence-corrected chi connectivity index (χ1v) is 7.53. The number of carbonyl (C=O) groups is 1. The number of hydrogen-bond acceptors (Lipinski definition) is 3. The van der Waals surface area contributed by atoms with Gasteiger partial charge in [-0.2, -0.15) is 0 Å². The number of ketones is 1. The van der Waals surface area contributed by atoms with Crippen molar-refractivity contribution in [1.82, 2.24) is 9.55 Å². The van der Waals surface area contributed by atoms with Crippen LogP contribution in [0.2, 0.25) is 0 Å². The average molecular weight is 290 g/mol. The van der Waals surface area contributed by atoms with Gasteiger partial charge < -0.3 is 4.98 Å². The molecule has 3 unspecified atom stereocenters. The van der Waals surface area contributed by atoms with Gasteiger partial charge in [-0.15, -0.1) is 0 Å². The van der Waals surface area contributed by atoms with Crippen molar-refractivity contribution in [3.8, 4) is 0 Å². The number of rotatable bonds is 2. The van der Waals surface area contributed by atoms with Gasteiger partial charge in [-0.1, -0.05) is 20.8 Å². The van der Waals surface area contributed by atoms with Crippen LogP contribution < -0.4 is 11.2 Å². The van der Waals surface area contributed by atoms with Crippen molar-refractivity contribution >= 4 is 5.78 Å². The number of Topliss-reactive ketones (excluding diaryl/α,β-unsaturated/α-hetero) is 1. The van der Waals surface area contributed by atoms with Crippen molar-refractivity contribution < 1.29 is 4.79 Å². The fourth-order valence-electron chi connectivity index (χ4n) is 4.89. The van der Waals surface area contributed by atoms with Gasteiger partial charge in [0, 0.05) is 6.20 Å². The summed E-state index contributed by atoms with van der Waals surface area (Å²) < 4.78 is 1.32. The van der Waals surface area contributed by atoms with Crippen molar-refractivity contribution in [1.29, 1.82) is 0 Å². The highest BCUT2D eigenvalue weighted by Gasteiger charge is 2.60. The minimum atomic E-state index is -0.446. The van der Waals surface area contributed by atoms with E-state index in [1.807, 2.05) is 0 Å². The molecule has 5 heteroatoms. The Morgan fingerprint density at radius 3 is 2.52 bits per heavy atom. The van der Waals surface area contributed by atoms with E-state index in [1.165, 1.54) is 17.7 Å². The zero-order valence-corrected chi connectivity index (χ0v) is 13.0. The molecule has 0 spiro atoms. The van der Waals surface area contributed by atoms with Gasteiger partial charge in [0.15, 0.2) is 5.78 Å². The van der Waals surface area contributed by atoms with E-state index in [2.05, 4.69) is 25.8 Å². The van der Waals surface area contributed by atoms with E-state index in [0.29, 0.717) is 5.92 Å². The number of aromatic amines is 1. The molecule has 1 aromatic heterocycles. The zero-order valence-electron chi connectivity index (χ0n) is 13.0. The summed E-state index contributed by atoms with van der Waals surface area (Å²) in [4.78, 5) is 39.1. The van der Waals surface area contributed by atoms with Gasteiger partial charge >= 0.3 is 5.69 Å². The molecule has 0 radical (unpaired) electrons. The molecule has 2 aliphatic carbocycles. The van der Waals surface area contributed by atoms with E-state index < -0.39 is 11.2 Å². The fourth-order valence-corrected chi connectivity index (χ4v) is 4.89. The number of carbonyl (C=O) groups excluding carboxylic acids is 1. The number of nitrogens with zero attached hydrogens (tertiary/aromatic N) is 1. The van der Waals surface area contributed by atoms with Gasteiger partial charge in [-0.05, 0) is 42.9 Å². The zero-order chi connectivity index (χ0) is 15.6. The molecule has 1 N–H and O–H groups in total. The van der Waals surface area contributed by atoms with Crippen molar-refractivity contribution in [2.45, 2.75) is 53.0 Å². The number of H-pyrrole nitrogens is 1. The smallest absolute Gasteiger partial charge is 0.313 e. The maximum Gasteiger partial charge on any atom is 0.328 e. The first-order valence-electron chi connectivity index (χ1n) is 7.53. The normalized spacial score (nSPS) is 33.3. The first kappa shape index (κ1) is 14.3. The molecule has 1 heterocycles. The maximum absolute atomic E-state index is 12.6. The van der Waals surface area contributed by atoms with Gasteiger partial charge in [0.05, 0.1) is 11.6 Å². The second-order valence-electron chi connectivity index (χ2n) is 7.56. The molecule has 0 amide bonds. The van der Waals surface area contributed by atoms with Crippen LogP contribution in [0.25, 0.3) is 0 Å². The van der Waals surface area contributed by atoms with Crippen LogP contribution in [-0.2, 0) is 0 Å². The number of fused-ring (bicyclic) bond motifs is 2. The summed E-state index contributed by atoms with van der Waals surface area (Å²) in [5.41, 5.74) is -0.939. The minimum absolute atomic E-state index is 0.0413. The quantitative estimate of drug-likeness (QED) is 0.848. The SMILES string of the molecule is CC(=O)c1c[nH]c(=O)n(C2C3(C)CCC(C3)C2(C)C)c1=O. The maximum atomic E-state index is 12.6. The molecular weight excluding hydrogens is 268 g/mol.